The highest BCUT2D eigenvalue weighted by atomic mass is 16.8. The Labute approximate surface area is 786 Å². The van der Waals surface area contributed by atoms with Crippen LogP contribution in [0.2, 0.25) is 0 Å². The molecule has 10 fully saturated rings. The maximum Gasteiger partial charge on any atom is 0.217 e. The third-order valence-corrected chi connectivity index (χ3v) is 24.8. The van der Waals surface area contributed by atoms with Crippen molar-refractivity contribution in [1.29, 1.82) is 0 Å². The Morgan fingerprint density at radius 1 is 0.338 bits per heavy atom. The van der Waals surface area contributed by atoms with Gasteiger partial charge in [-0.2, -0.15) is 0 Å². The van der Waals surface area contributed by atoms with Gasteiger partial charge in [-0.05, 0) is 0 Å². The molecule has 10 saturated heterocycles. The number of amides is 6. The Hall–Kier alpha value is -5.63. The highest BCUT2D eigenvalue weighted by Crippen LogP contribution is 2.43. The van der Waals surface area contributed by atoms with E-state index in [-0.39, 0.29) is 6.41 Å². The second-order valence-electron chi connectivity index (χ2n) is 34.6. The molecule has 10 aliphatic rings. The Balaban J connectivity index is 0.868. The van der Waals surface area contributed by atoms with E-state index in [9.17, 15) is 182 Å². The summed E-state index contributed by atoms with van der Waals surface area (Å²) in [5.41, 5.74) is 0. The van der Waals surface area contributed by atoms with Gasteiger partial charge in [0.25, 0.3) is 0 Å². The van der Waals surface area contributed by atoms with Crippen LogP contribution in [0.15, 0.2) is 0 Å². The summed E-state index contributed by atoms with van der Waals surface area (Å²) >= 11 is 0. The molecule has 0 saturated carbocycles. The van der Waals surface area contributed by atoms with Gasteiger partial charge in [0.1, 0.15) is 244 Å². The highest BCUT2D eigenvalue weighted by Gasteiger charge is 2.63. The van der Waals surface area contributed by atoms with E-state index in [0.29, 0.717) is 0 Å². The number of carboxylic acid groups (broad SMARTS) is 1. The molecule has 6 amide bonds. The van der Waals surface area contributed by atoms with Crippen LogP contribution < -0.4 is 37.0 Å². The number of hydrogen-bond donors (Lipinski definition) is 34. The molecule has 0 bridgehead atoms. The minimum absolute atomic E-state index is 0.244. The fourth-order valence-corrected chi connectivity index (χ4v) is 17.6. The summed E-state index contributed by atoms with van der Waals surface area (Å²) in [4.78, 5) is 88.3. The summed E-state index contributed by atoms with van der Waals surface area (Å²) in [6.07, 6.45) is -97.7. The molecule has 0 radical (unpaired) electrons. The number of nitrogens with one attached hydrogen (secondary N) is 6. The molecule has 139 heavy (non-hydrogen) atoms. The van der Waals surface area contributed by atoms with Gasteiger partial charge < -0.3 is 280 Å². The van der Waals surface area contributed by atoms with Gasteiger partial charge in [-0.3, -0.25) is 28.8 Å². The third kappa shape index (κ3) is 26.5. The Kier molecular flexibility index (Phi) is 42.4. The van der Waals surface area contributed by atoms with E-state index in [0.717, 1.165) is 34.6 Å². The van der Waals surface area contributed by atoms with Crippen molar-refractivity contribution in [2.24, 2.45) is 0 Å². The molecule has 0 aromatic rings. The molecule has 0 spiro atoms. The number of hydrogen-bond acceptors (Lipinski definition) is 56. The molecule has 10 rings (SSSR count). The summed E-state index contributed by atoms with van der Waals surface area (Å²) < 4.78 is 117. The molecule has 0 aromatic carbocycles. The van der Waals surface area contributed by atoms with Gasteiger partial charge in [-0.15, -0.1) is 0 Å². The van der Waals surface area contributed by atoms with Crippen LogP contribution in [0, 0.1) is 0 Å². The van der Waals surface area contributed by atoms with E-state index >= 15 is 0 Å². The summed E-state index contributed by atoms with van der Waals surface area (Å²) in [6, 6.07) is -10.6. The largest absolute Gasteiger partial charge is 0.544 e. The van der Waals surface area contributed by atoms with Crippen LogP contribution in [0.3, 0.4) is 0 Å². The van der Waals surface area contributed by atoms with Gasteiger partial charge in [-0.25, -0.2) is 0 Å². The molecule has 34 N–H and O–H groups in total. The van der Waals surface area contributed by atoms with Crippen molar-refractivity contribution in [3.8, 4) is 0 Å². The van der Waals surface area contributed by atoms with Crippen LogP contribution >= 0.6 is 0 Å². The third-order valence-electron chi connectivity index (χ3n) is 24.8. The number of rotatable bonds is 42. The first-order valence-corrected chi connectivity index (χ1v) is 44.0. The zero-order chi connectivity index (χ0) is 103. The second kappa shape index (κ2) is 51.1. The molecule has 62 heteroatoms. The fraction of sp³-hybridized carbons (Fsp3) is 0.909. The maximum absolute atomic E-state index is 13.2. The standard InChI is InChI=1S/C77H128N6O56/c1-20(94)79-37-26(99)6-77(76(118)119,138-63(37)42(101)27(100)8-85)139-66-46(105)30(11-88)125-75(58(66)117)134-61-33(14-91)128-70(41(51(61)110)83-24(5)98)137-65-47(106)36(18-122-67-38(80-21(2)95)48(107)43(102)28(9-86)123-67)131-74(57(65)116)133-59-31(12-89)126-68(39(49(59)108)81-22(3)96)121-17-35-44(103)52(111)54(113)72(130-35)132-60-32(13-90)127-69(40(50(60)109)82-23(4)97)136-64-45(104)29(10-87)124-73(56(64)115)135-62-34(15-92)129-71(55(114)53(62)112)120-16-25(7-84)78-19-93/h19,25-75,84-92,99-117H,6-18H2,1-5H3,(H,78,93)(H,79,94)(H,80,95)(H,81,96)(H,82,97)(H,83,98)(H,118,119)/p-1/t25-,26+,27-,28-,29-,30-,31-,32-,33-,34-,35-,36-,37-,38-,39-,40-,41-,42-,43-,44+,45+,46+,47+,48-,49-,50-,51-,52+,53-,54-,55-,56-,57-,58-,59-,60-,61-,62-,63-,64+,65+,66+,67-,68-,69+,70+,71-,72+,73+,74+,75+,77+/m1/s1. The van der Waals surface area contributed by atoms with E-state index in [2.05, 4.69) is 31.9 Å². The lowest BCUT2D eigenvalue weighted by atomic mass is 9.88. The van der Waals surface area contributed by atoms with Crippen molar-refractivity contribution in [3.05, 3.63) is 0 Å². The van der Waals surface area contributed by atoms with Crippen molar-refractivity contribution < 1.29 is 276 Å². The van der Waals surface area contributed by atoms with Gasteiger partial charge in [-0.1, -0.05) is 0 Å². The molecule has 62 nitrogen and oxygen atoms in total. The van der Waals surface area contributed by atoms with Crippen LogP contribution in [0.1, 0.15) is 41.0 Å². The van der Waals surface area contributed by atoms with Crippen molar-refractivity contribution in [3.63, 3.8) is 0 Å². The highest BCUT2D eigenvalue weighted by molar-refractivity contribution is 5.76. The van der Waals surface area contributed by atoms with Gasteiger partial charge >= 0.3 is 0 Å². The molecule has 0 aliphatic carbocycles. The average Bonchev–Trinajstić information content (AvgIpc) is 0.755. The monoisotopic (exact) mass is 2030 g/mol. The lowest BCUT2D eigenvalue weighted by Gasteiger charge is -2.52. The van der Waals surface area contributed by atoms with Crippen LogP contribution in [0.5, 0.6) is 0 Å². The number of carboxylic acids is 1. The molecular weight excluding hydrogens is 1900 g/mol. The maximum atomic E-state index is 13.2. The summed E-state index contributed by atoms with van der Waals surface area (Å²) in [7, 11) is 0. The zero-order valence-electron chi connectivity index (χ0n) is 74.7. The summed E-state index contributed by atoms with van der Waals surface area (Å²) in [6.45, 7) is -7.97. The van der Waals surface area contributed by atoms with E-state index in [4.69, 9.17) is 94.7 Å². The predicted molar refractivity (Wildman–Crippen MR) is 426 cm³/mol. The molecule has 52 atom stereocenters. The molecular formula is C77H127N6O56-. The van der Waals surface area contributed by atoms with E-state index in [1.165, 1.54) is 0 Å². The number of aliphatic hydroxyl groups excluding tert-OH is 28. The fourth-order valence-electron chi connectivity index (χ4n) is 17.6. The zero-order valence-corrected chi connectivity index (χ0v) is 74.7. The Bertz CT molecular complexity index is 3880. The molecule has 0 unspecified atom stereocenters. The smallest absolute Gasteiger partial charge is 0.217 e. The quantitative estimate of drug-likeness (QED) is 0.0252. The number of carbonyl (C=O) groups excluding carboxylic acids is 7. The van der Waals surface area contributed by atoms with Crippen LogP contribution in [-0.2, 0) is 128 Å². The normalized spacial score (nSPS) is 45.6. The lowest BCUT2D eigenvalue weighted by Crippen LogP contribution is -2.72. The van der Waals surface area contributed by atoms with Crippen LogP contribution in [0.25, 0.3) is 0 Å². The van der Waals surface area contributed by atoms with E-state index < -0.39 is 440 Å². The van der Waals surface area contributed by atoms with Crippen LogP contribution in [-0.4, -0.2) is 583 Å². The predicted octanol–water partition coefficient (Wildman–Crippen LogP) is -25.1. The summed E-state index contributed by atoms with van der Waals surface area (Å²) in [5, 5.41) is 341. The van der Waals surface area contributed by atoms with Gasteiger partial charge in [0.2, 0.25) is 41.7 Å². The number of ether oxygens (including phenoxy) is 20. The Morgan fingerprint density at radius 3 is 1.04 bits per heavy atom. The minimum atomic E-state index is -3.43. The van der Waals surface area contributed by atoms with Crippen molar-refractivity contribution in [2.75, 3.05) is 79.3 Å². The van der Waals surface area contributed by atoms with Crippen molar-refractivity contribution in [2.45, 2.75) is 359 Å². The first-order valence-electron chi connectivity index (χ1n) is 44.0. The second-order valence-corrected chi connectivity index (χ2v) is 34.6. The number of aliphatic carboxylic acids is 1. The van der Waals surface area contributed by atoms with Crippen LogP contribution in [0.4, 0.5) is 0 Å². The number of aliphatic hydroxyl groups is 28. The van der Waals surface area contributed by atoms with Gasteiger partial charge in [0, 0.05) is 41.0 Å². The topological polar surface area (TPSA) is 966 Å². The van der Waals surface area contributed by atoms with E-state index in [1.807, 2.05) is 0 Å². The van der Waals surface area contributed by atoms with E-state index in [1.54, 1.807) is 0 Å². The van der Waals surface area contributed by atoms with Gasteiger partial charge in [0.15, 0.2) is 56.6 Å². The summed E-state index contributed by atoms with van der Waals surface area (Å²) in [5.74, 6) is -10.6. The Morgan fingerprint density at radius 2 is 0.647 bits per heavy atom. The first-order chi connectivity index (χ1) is 65.7. The number of carbonyl (C=O) groups is 7. The molecule has 10 heterocycles. The van der Waals surface area contributed by atoms with Gasteiger partial charge in [0.05, 0.1) is 97.5 Å². The lowest BCUT2D eigenvalue weighted by molar-refractivity contribution is -0.411. The minimum Gasteiger partial charge on any atom is -0.544 e. The SMILES string of the molecule is CC(=O)N[C@H]1[C@H](O[C@H]2[C@@H](O)[C@@H](CO)O[C@@H](O[C@H]3[C@H](O)[C@@H](O)[C@H](OC[C@@H](CO)NC=O)O[C@@H]3CO)[C@@H]2O)O[C@H](CO)[C@@H](O[C@@H]2O[C@H](CO[C@@H]3O[C@H](CO)[C@@H](O[C@@H]4O[C@H](CO[C@@H]5O[C@H](CO)[C@@H](O)[C@H](O)[C@H]5NC(C)=O)[C@H](O)[C@H](O[C@@H]5O[C@H](CO)[C@@H](O[C@@H]6O[C@H](CO)[C@H](O)[C@H](O[C@]7(C(=O)[O-])C[C@H](O)[C@@H](NC(C)=O)[C@H]([C@H](O)[C@H](O)CO)O7)[C@H]6O)[C@H](O)[C@H]5NC(C)=O)[C@H]4O)[C@H](O)[C@H]3NC(C)=O)[C@H](O)[C@H](O)[C@H]2O)[C@@H]1O. The van der Waals surface area contributed by atoms with Crippen molar-refractivity contribution >= 4 is 41.9 Å². The van der Waals surface area contributed by atoms with Crippen molar-refractivity contribution in [1.82, 2.24) is 31.9 Å². The molecule has 10 aliphatic heterocycles. The molecule has 0 aromatic heterocycles. The average molecular weight is 2030 g/mol. The molecule has 802 valence electrons. The first kappa shape index (κ1) is 115.